The van der Waals surface area contributed by atoms with Gasteiger partial charge in [0.1, 0.15) is 17.2 Å². The van der Waals surface area contributed by atoms with Crippen LogP contribution in [0, 0.1) is 12.8 Å². The molecule has 1 atom stereocenters. The SMILES string of the molecule is Cc1cc(CS(=O)(=O)N(CC2CCCC2)C[C@@H](O)CN(CCc2ccccc2)C(=O)c2ccccc2)no1. The second-order valence-electron chi connectivity index (χ2n) is 10.2. The van der Waals surface area contributed by atoms with Crippen molar-refractivity contribution in [3.63, 3.8) is 0 Å². The second-order valence-corrected chi connectivity index (χ2v) is 12.1. The van der Waals surface area contributed by atoms with E-state index in [1.54, 1.807) is 42.2 Å². The number of hydrogen-bond donors (Lipinski definition) is 1. The molecule has 0 bridgehead atoms. The smallest absolute Gasteiger partial charge is 0.253 e. The maximum Gasteiger partial charge on any atom is 0.253 e. The lowest BCUT2D eigenvalue weighted by molar-refractivity contribution is 0.0584. The minimum Gasteiger partial charge on any atom is -0.390 e. The molecule has 1 heterocycles. The van der Waals surface area contributed by atoms with E-state index in [-0.39, 0.29) is 30.7 Å². The van der Waals surface area contributed by atoms with Crippen LogP contribution >= 0.6 is 0 Å². The van der Waals surface area contributed by atoms with Crippen LogP contribution in [0.3, 0.4) is 0 Å². The zero-order valence-corrected chi connectivity index (χ0v) is 22.7. The third-order valence-electron chi connectivity index (χ3n) is 7.00. The molecule has 0 unspecified atom stereocenters. The molecule has 0 saturated heterocycles. The predicted molar refractivity (Wildman–Crippen MR) is 146 cm³/mol. The summed E-state index contributed by atoms with van der Waals surface area (Å²) in [5.74, 6) is 0.329. The molecule has 8 nitrogen and oxygen atoms in total. The van der Waals surface area contributed by atoms with E-state index in [4.69, 9.17) is 4.52 Å². The number of benzene rings is 2. The fourth-order valence-electron chi connectivity index (χ4n) is 5.04. The topological polar surface area (TPSA) is 104 Å². The summed E-state index contributed by atoms with van der Waals surface area (Å²) in [6.45, 7) is 2.42. The van der Waals surface area contributed by atoms with Crippen LogP contribution in [0.1, 0.15) is 53.1 Å². The molecule has 1 aliphatic carbocycles. The van der Waals surface area contributed by atoms with Gasteiger partial charge >= 0.3 is 0 Å². The number of amides is 1. The van der Waals surface area contributed by atoms with Crippen molar-refractivity contribution in [1.29, 1.82) is 0 Å². The van der Waals surface area contributed by atoms with Gasteiger partial charge in [0.2, 0.25) is 10.0 Å². The van der Waals surface area contributed by atoms with E-state index in [0.717, 1.165) is 31.2 Å². The Balaban J connectivity index is 1.49. The highest BCUT2D eigenvalue weighted by atomic mass is 32.2. The van der Waals surface area contributed by atoms with Crippen molar-refractivity contribution < 1.29 is 22.8 Å². The molecule has 9 heteroatoms. The lowest BCUT2D eigenvalue weighted by Crippen LogP contribution is -2.46. The molecule has 1 amide bonds. The van der Waals surface area contributed by atoms with Gasteiger partial charge in [-0.05, 0) is 49.8 Å². The maximum absolute atomic E-state index is 13.4. The fraction of sp³-hybridized carbons (Fsp3) is 0.448. The summed E-state index contributed by atoms with van der Waals surface area (Å²) >= 11 is 0. The number of carbonyl (C=O) groups is 1. The summed E-state index contributed by atoms with van der Waals surface area (Å²) in [6, 6.07) is 20.4. The van der Waals surface area contributed by atoms with E-state index in [9.17, 15) is 18.3 Å². The molecular formula is C29H37N3O5S. The Labute approximate surface area is 225 Å². The summed E-state index contributed by atoms with van der Waals surface area (Å²) in [5.41, 5.74) is 1.96. The van der Waals surface area contributed by atoms with Crippen molar-refractivity contribution in [3.05, 3.63) is 89.3 Å². The summed E-state index contributed by atoms with van der Waals surface area (Å²) in [4.78, 5) is 15.0. The molecule has 0 spiro atoms. The van der Waals surface area contributed by atoms with Crippen LogP contribution in [0.25, 0.3) is 0 Å². The summed E-state index contributed by atoms with van der Waals surface area (Å²) in [5, 5.41) is 15.0. The zero-order valence-electron chi connectivity index (χ0n) is 21.9. The van der Waals surface area contributed by atoms with Crippen LogP contribution in [0.15, 0.2) is 71.3 Å². The first-order chi connectivity index (χ1) is 18.3. The minimum absolute atomic E-state index is 0.0281. The quantitative estimate of drug-likeness (QED) is 0.351. The van der Waals surface area contributed by atoms with Crippen LogP contribution in [0.5, 0.6) is 0 Å². The van der Waals surface area contributed by atoms with Gasteiger partial charge in [-0.1, -0.05) is 66.5 Å². The number of hydrogen-bond acceptors (Lipinski definition) is 6. The van der Waals surface area contributed by atoms with Gasteiger partial charge in [0.25, 0.3) is 5.91 Å². The van der Waals surface area contributed by atoms with Crippen LogP contribution < -0.4 is 0 Å². The Morgan fingerprint density at radius 3 is 2.34 bits per heavy atom. The van der Waals surface area contributed by atoms with Gasteiger partial charge in [-0.2, -0.15) is 4.31 Å². The summed E-state index contributed by atoms with van der Waals surface area (Å²) in [7, 11) is -3.76. The maximum atomic E-state index is 13.4. The molecule has 0 aliphatic heterocycles. The number of carbonyl (C=O) groups excluding carboxylic acids is 1. The monoisotopic (exact) mass is 539 g/mol. The number of aryl methyl sites for hydroxylation is 1. The van der Waals surface area contributed by atoms with Crippen LogP contribution in [0.2, 0.25) is 0 Å². The number of aromatic nitrogens is 1. The molecule has 3 aromatic rings. The van der Waals surface area contributed by atoms with Crippen LogP contribution in [-0.4, -0.2) is 66.1 Å². The molecule has 1 N–H and O–H groups in total. The summed E-state index contributed by atoms with van der Waals surface area (Å²) < 4.78 is 33.3. The highest BCUT2D eigenvalue weighted by Gasteiger charge is 2.31. The standard InChI is InChI=1S/C29H37N3O5S/c1-23-18-27(30-37-23)22-38(35,36)32(19-25-12-8-9-13-25)21-28(33)20-31(17-16-24-10-4-2-5-11-24)29(34)26-14-6-3-7-15-26/h2-7,10-11,14-15,18,25,28,33H,8-9,12-13,16-17,19-22H2,1H3/t28-/m0/s1. The van der Waals surface area contributed by atoms with E-state index in [1.807, 2.05) is 36.4 Å². The average Bonchev–Trinajstić information content (AvgIpc) is 3.58. The number of aliphatic hydroxyl groups is 1. The molecule has 1 saturated carbocycles. The van der Waals surface area contributed by atoms with E-state index in [1.165, 1.54) is 4.31 Å². The Hall–Kier alpha value is -3.01. The van der Waals surface area contributed by atoms with Crippen LogP contribution in [-0.2, 0) is 22.2 Å². The van der Waals surface area contributed by atoms with Crippen molar-refractivity contribution in [2.24, 2.45) is 5.92 Å². The van der Waals surface area contributed by atoms with Gasteiger partial charge in [0.05, 0.1) is 6.10 Å². The Morgan fingerprint density at radius 2 is 1.71 bits per heavy atom. The Bertz CT molecular complexity index is 1260. The van der Waals surface area contributed by atoms with Gasteiger partial charge in [0, 0.05) is 37.8 Å². The zero-order chi connectivity index (χ0) is 27.0. The van der Waals surface area contributed by atoms with Gasteiger partial charge in [-0.25, -0.2) is 8.42 Å². The fourth-order valence-corrected chi connectivity index (χ4v) is 6.57. The van der Waals surface area contributed by atoms with Crippen LogP contribution in [0.4, 0.5) is 0 Å². The van der Waals surface area contributed by atoms with E-state index in [2.05, 4.69) is 5.16 Å². The van der Waals surface area contributed by atoms with E-state index >= 15 is 0 Å². The molecular weight excluding hydrogens is 502 g/mol. The molecule has 2 aromatic carbocycles. The first-order valence-electron chi connectivity index (χ1n) is 13.3. The lowest BCUT2D eigenvalue weighted by atomic mass is 10.1. The first-order valence-corrected chi connectivity index (χ1v) is 14.9. The van der Waals surface area contributed by atoms with Gasteiger partial charge in [-0.3, -0.25) is 4.79 Å². The van der Waals surface area contributed by atoms with Crippen molar-refractivity contribution in [3.8, 4) is 0 Å². The molecule has 1 aliphatic rings. The van der Waals surface area contributed by atoms with Crippen molar-refractivity contribution in [1.82, 2.24) is 14.4 Å². The minimum atomic E-state index is -3.76. The second kappa shape index (κ2) is 13.2. The lowest BCUT2D eigenvalue weighted by Gasteiger charge is -2.30. The molecule has 204 valence electrons. The Morgan fingerprint density at radius 1 is 1.05 bits per heavy atom. The molecule has 1 aromatic heterocycles. The van der Waals surface area contributed by atoms with Crippen molar-refractivity contribution in [2.75, 3.05) is 26.2 Å². The molecule has 1 fully saturated rings. The molecule has 4 rings (SSSR count). The van der Waals surface area contributed by atoms with E-state index < -0.39 is 16.1 Å². The molecule has 0 radical (unpaired) electrons. The number of sulfonamides is 1. The van der Waals surface area contributed by atoms with Gasteiger partial charge in [0.15, 0.2) is 0 Å². The average molecular weight is 540 g/mol. The van der Waals surface area contributed by atoms with Gasteiger partial charge in [-0.15, -0.1) is 0 Å². The van der Waals surface area contributed by atoms with Crippen molar-refractivity contribution in [2.45, 2.75) is 50.9 Å². The normalized spacial score (nSPS) is 15.1. The predicted octanol–water partition coefficient (Wildman–Crippen LogP) is 4.05. The third kappa shape index (κ3) is 7.99. The molecule has 38 heavy (non-hydrogen) atoms. The highest BCUT2D eigenvalue weighted by molar-refractivity contribution is 7.88. The van der Waals surface area contributed by atoms with E-state index in [0.29, 0.717) is 36.5 Å². The number of rotatable bonds is 13. The largest absolute Gasteiger partial charge is 0.390 e. The van der Waals surface area contributed by atoms with Gasteiger partial charge < -0.3 is 14.5 Å². The number of aliphatic hydroxyl groups excluding tert-OH is 1. The highest BCUT2D eigenvalue weighted by Crippen LogP contribution is 2.27. The Kier molecular flexibility index (Phi) is 9.71. The summed E-state index contributed by atoms with van der Waals surface area (Å²) in [6.07, 6.45) is 3.70. The first kappa shape index (κ1) is 28.0. The van der Waals surface area contributed by atoms with Crippen molar-refractivity contribution >= 4 is 15.9 Å². The third-order valence-corrected chi connectivity index (χ3v) is 8.75. The number of nitrogens with zero attached hydrogens (tertiary/aromatic N) is 3.